The summed E-state index contributed by atoms with van der Waals surface area (Å²) < 4.78 is 6.55. The summed E-state index contributed by atoms with van der Waals surface area (Å²) >= 11 is 0. The van der Waals surface area contributed by atoms with Gasteiger partial charge in [0.05, 0.1) is 6.61 Å². The Labute approximate surface area is 124 Å². The number of aromatic nitrogens is 2. The number of ether oxygens (including phenoxy) is 1. The van der Waals surface area contributed by atoms with Crippen molar-refractivity contribution in [2.24, 2.45) is 0 Å². The van der Waals surface area contributed by atoms with Gasteiger partial charge in [0.2, 0.25) is 5.91 Å². The number of carbonyl (C=O) groups excluding carboxylic acids is 2. The molecule has 3 N–H and O–H groups in total. The third-order valence-corrected chi connectivity index (χ3v) is 3.25. The van der Waals surface area contributed by atoms with E-state index in [4.69, 9.17) is 10.5 Å². The lowest BCUT2D eigenvalue weighted by Crippen LogP contribution is -2.32. The molecule has 1 unspecified atom stereocenters. The molecule has 0 aliphatic heterocycles. The molecule has 0 bridgehead atoms. The first-order chi connectivity index (χ1) is 9.90. The molecule has 1 aromatic rings. The average molecular weight is 296 g/mol. The van der Waals surface area contributed by atoms with Gasteiger partial charge in [-0.3, -0.25) is 4.79 Å². The topological polar surface area (TPSA) is 99.2 Å². The van der Waals surface area contributed by atoms with Gasteiger partial charge in [-0.25, -0.2) is 9.78 Å². The van der Waals surface area contributed by atoms with Gasteiger partial charge in [0.1, 0.15) is 11.6 Å². The fourth-order valence-corrected chi connectivity index (χ4v) is 1.88. The van der Waals surface area contributed by atoms with Crippen LogP contribution >= 0.6 is 0 Å². The molecule has 118 valence electrons. The minimum Gasteiger partial charge on any atom is -0.461 e. The first-order valence-corrected chi connectivity index (χ1v) is 7.19. The average Bonchev–Trinajstić information content (AvgIpc) is 2.72. The molecule has 1 aromatic heterocycles. The van der Waals surface area contributed by atoms with Gasteiger partial charge in [0.15, 0.2) is 5.69 Å². The van der Waals surface area contributed by atoms with E-state index in [2.05, 4.69) is 10.3 Å². The van der Waals surface area contributed by atoms with E-state index >= 15 is 0 Å². The molecule has 0 radical (unpaired) electrons. The molecule has 0 aliphatic carbocycles. The van der Waals surface area contributed by atoms with E-state index in [0.717, 1.165) is 6.42 Å². The van der Waals surface area contributed by atoms with Crippen LogP contribution in [0.15, 0.2) is 0 Å². The molecule has 0 saturated carbocycles. The molecule has 0 aromatic carbocycles. The number of amides is 1. The van der Waals surface area contributed by atoms with Crippen molar-refractivity contribution in [1.82, 2.24) is 14.9 Å². The second-order valence-corrected chi connectivity index (χ2v) is 4.89. The smallest absolute Gasteiger partial charge is 0.360 e. The van der Waals surface area contributed by atoms with Crippen LogP contribution in [-0.4, -0.2) is 34.1 Å². The fraction of sp³-hybridized carbons (Fsp3) is 0.643. The first-order valence-electron chi connectivity index (χ1n) is 7.19. The molecule has 1 heterocycles. The van der Waals surface area contributed by atoms with E-state index in [1.807, 2.05) is 13.8 Å². The molecule has 0 aliphatic rings. The van der Waals surface area contributed by atoms with Gasteiger partial charge in [0, 0.05) is 19.0 Å². The van der Waals surface area contributed by atoms with Crippen molar-refractivity contribution in [2.45, 2.75) is 53.1 Å². The van der Waals surface area contributed by atoms with Crippen molar-refractivity contribution < 1.29 is 14.3 Å². The largest absolute Gasteiger partial charge is 0.461 e. The van der Waals surface area contributed by atoms with E-state index < -0.39 is 5.97 Å². The summed E-state index contributed by atoms with van der Waals surface area (Å²) in [4.78, 5) is 27.6. The standard InChI is InChI=1S/C14H24N4O3/c1-5-9(3)16-11(19)7-8-18-10(4)17-12(13(18)15)14(20)21-6-2/h9H,5-8,15H2,1-4H3,(H,16,19). The zero-order valence-electron chi connectivity index (χ0n) is 13.1. The van der Waals surface area contributed by atoms with Crippen LogP contribution in [0.1, 0.15) is 49.9 Å². The van der Waals surface area contributed by atoms with E-state index in [9.17, 15) is 9.59 Å². The first kappa shape index (κ1) is 17.0. The minimum atomic E-state index is -0.541. The number of carbonyl (C=O) groups is 2. The highest BCUT2D eigenvalue weighted by Gasteiger charge is 2.20. The second-order valence-electron chi connectivity index (χ2n) is 4.89. The number of hydrogen-bond donors (Lipinski definition) is 2. The van der Waals surface area contributed by atoms with Crippen LogP contribution in [-0.2, 0) is 16.1 Å². The molecule has 7 nitrogen and oxygen atoms in total. The number of rotatable bonds is 7. The predicted octanol–water partition coefficient (Wildman–Crippen LogP) is 1.26. The summed E-state index contributed by atoms with van der Waals surface area (Å²) in [5.41, 5.74) is 6.02. The maximum absolute atomic E-state index is 11.8. The minimum absolute atomic E-state index is 0.0467. The van der Waals surface area contributed by atoms with Crippen molar-refractivity contribution in [3.05, 3.63) is 11.5 Å². The molecule has 21 heavy (non-hydrogen) atoms. The number of nitrogens with two attached hydrogens (primary N) is 1. The third kappa shape index (κ3) is 4.47. The van der Waals surface area contributed by atoms with E-state index in [0.29, 0.717) is 12.4 Å². The number of hydrogen-bond acceptors (Lipinski definition) is 5. The second kappa shape index (κ2) is 7.66. The highest BCUT2D eigenvalue weighted by Crippen LogP contribution is 2.16. The molecule has 1 atom stereocenters. The Kier molecular flexibility index (Phi) is 6.20. The highest BCUT2D eigenvalue weighted by atomic mass is 16.5. The number of esters is 1. The summed E-state index contributed by atoms with van der Waals surface area (Å²) in [7, 11) is 0. The van der Waals surface area contributed by atoms with Crippen LogP contribution in [0.4, 0.5) is 5.82 Å². The lowest BCUT2D eigenvalue weighted by Gasteiger charge is -2.12. The highest BCUT2D eigenvalue weighted by molar-refractivity contribution is 5.92. The van der Waals surface area contributed by atoms with Crippen molar-refractivity contribution >= 4 is 17.7 Å². The molecule has 7 heteroatoms. The monoisotopic (exact) mass is 296 g/mol. The molecular weight excluding hydrogens is 272 g/mol. The molecule has 0 spiro atoms. The maximum Gasteiger partial charge on any atom is 0.360 e. The summed E-state index contributed by atoms with van der Waals surface area (Å²) in [5.74, 6) is 0.240. The van der Waals surface area contributed by atoms with Gasteiger partial charge < -0.3 is 20.4 Å². The Hall–Kier alpha value is -2.05. The van der Waals surface area contributed by atoms with Crippen molar-refractivity contribution in [3.63, 3.8) is 0 Å². The SMILES string of the molecule is CCOC(=O)c1nc(C)n(CCC(=O)NC(C)CC)c1N. The van der Waals surface area contributed by atoms with Crippen LogP contribution in [0.2, 0.25) is 0 Å². The molecule has 0 saturated heterocycles. The summed E-state index contributed by atoms with van der Waals surface area (Å²) in [5, 5.41) is 2.88. The summed E-state index contributed by atoms with van der Waals surface area (Å²) in [6.07, 6.45) is 1.17. The Balaban J connectivity index is 2.72. The molecule has 0 fully saturated rings. The van der Waals surface area contributed by atoms with Gasteiger partial charge in [-0.05, 0) is 27.2 Å². The van der Waals surface area contributed by atoms with Crippen LogP contribution < -0.4 is 11.1 Å². The van der Waals surface area contributed by atoms with Gasteiger partial charge in [-0.1, -0.05) is 6.92 Å². The zero-order valence-corrected chi connectivity index (χ0v) is 13.1. The number of aryl methyl sites for hydroxylation is 1. The summed E-state index contributed by atoms with van der Waals surface area (Å²) in [6.45, 7) is 8.07. The Morgan fingerprint density at radius 1 is 1.43 bits per heavy atom. The number of imidazole rings is 1. The van der Waals surface area contributed by atoms with Gasteiger partial charge in [-0.15, -0.1) is 0 Å². The third-order valence-electron chi connectivity index (χ3n) is 3.25. The van der Waals surface area contributed by atoms with Crippen molar-refractivity contribution in [2.75, 3.05) is 12.3 Å². The van der Waals surface area contributed by atoms with Gasteiger partial charge >= 0.3 is 5.97 Å². The molecular formula is C14H24N4O3. The van der Waals surface area contributed by atoms with Crippen LogP contribution in [0.5, 0.6) is 0 Å². The number of nitrogen functional groups attached to an aromatic ring is 1. The summed E-state index contributed by atoms with van der Waals surface area (Å²) in [6, 6.07) is 0.147. The Morgan fingerprint density at radius 2 is 2.10 bits per heavy atom. The quantitative estimate of drug-likeness (QED) is 0.738. The van der Waals surface area contributed by atoms with Gasteiger partial charge in [0.25, 0.3) is 0 Å². The van der Waals surface area contributed by atoms with E-state index in [1.54, 1.807) is 18.4 Å². The molecule has 1 amide bonds. The number of nitrogens with one attached hydrogen (secondary N) is 1. The van der Waals surface area contributed by atoms with Crippen LogP contribution in [0, 0.1) is 6.92 Å². The predicted molar refractivity (Wildman–Crippen MR) is 79.8 cm³/mol. The van der Waals surface area contributed by atoms with Crippen LogP contribution in [0.3, 0.4) is 0 Å². The van der Waals surface area contributed by atoms with Gasteiger partial charge in [-0.2, -0.15) is 0 Å². The normalized spacial score (nSPS) is 12.0. The Morgan fingerprint density at radius 3 is 2.67 bits per heavy atom. The van der Waals surface area contributed by atoms with Crippen molar-refractivity contribution in [1.29, 1.82) is 0 Å². The maximum atomic E-state index is 11.8. The van der Waals surface area contributed by atoms with E-state index in [-0.39, 0.29) is 36.5 Å². The lowest BCUT2D eigenvalue weighted by molar-refractivity contribution is -0.121. The van der Waals surface area contributed by atoms with Crippen molar-refractivity contribution in [3.8, 4) is 0 Å². The lowest BCUT2D eigenvalue weighted by atomic mass is 10.2. The number of nitrogens with zero attached hydrogens (tertiary/aromatic N) is 2. The van der Waals surface area contributed by atoms with Crippen LogP contribution in [0.25, 0.3) is 0 Å². The Bertz CT molecular complexity index is 511. The zero-order chi connectivity index (χ0) is 16.0. The van der Waals surface area contributed by atoms with E-state index in [1.165, 1.54) is 0 Å². The molecule has 1 rings (SSSR count). The number of anilines is 1. The fourth-order valence-electron chi connectivity index (χ4n) is 1.88.